The van der Waals surface area contributed by atoms with Crippen molar-refractivity contribution in [2.75, 3.05) is 0 Å². The summed E-state index contributed by atoms with van der Waals surface area (Å²) >= 11 is 0. The minimum Gasteiger partial charge on any atom is -0.457 e. The van der Waals surface area contributed by atoms with E-state index in [1.807, 2.05) is 60.7 Å². The van der Waals surface area contributed by atoms with E-state index in [1.54, 1.807) is 18.2 Å². The predicted molar refractivity (Wildman–Crippen MR) is 116 cm³/mol. The molecule has 0 saturated heterocycles. The molecule has 4 nitrogen and oxygen atoms in total. The average Bonchev–Trinajstić information content (AvgIpc) is 3.13. The van der Waals surface area contributed by atoms with Crippen molar-refractivity contribution in [2.24, 2.45) is 0 Å². The smallest absolute Gasteiger partial charge is 0.339 e. The highest BCUT2D eigenvalue weighted by Gasteiger charge is 2.30. The highest BCUT2D eigenvalue weighted by Crippen LogP contribution is 2.47. The van der Waals surface area contributed by atoms with Gasteiger partial charge in [-0.3, -0.25) is 0 Å². The zero-order valence-corrected chi connectivity index (χ0v) is 16.1. The van der Waals surface area contributed by atoms with Gasteiger partial charge in [-0.25, -0.2) is 14.9 Å². The van der Waals surface area contributed by atoms with E-state index in [1.165, 1.54) is 0 Å². The lowest BCUT2D eigenvalue weighted by molar-refractivity contribution is 0.0473. The Balaban J connectivity index is 1.74. The van der Waals surface area contributed by atoms with Crippen molar-refractivity contribution >= 4 is 17.6 Å². The van der Waals surface area contributed by atoms with E-state index >= 15 is 0 Å². The lowest BCUT2D eigenvalue weighted by Crippen LogP contribution is -2.07. The Bertz CT molecular complexity index is 1270. The van der Waals surface area contributed by atoms with Crippen molar-refractivity contribution in [3.8, 4) is 17.2 Å². The van der Waals surface area contributed by atoms with Crippen molar-refractivity contribution in [1.82, 2.24) is 0 Å². The standard InChI is InChI=1S/C26H16N2O2/c1-3-17-11-13-18(14-12-17)16-30-26(29)22-10-6-9-21-24(22)19-7-4-5-8-20(19)25(21)23(15-27)28-2/h3-14H,1,16H2/b25-23+. The third kappa shape index (κ3) is 3.17. The van der Waals surface area contributed by atoms with Gasteiger partial charge in [0.05, 0.1) is 18.2 Å². The van der Waals surface area contributed by atoms with Crippen LogP contribution in [0.3, 0.4) is 0 Å². The van der Waals surface area contributed by atoms with Crippen LogP contribution in [0, 0.1) is 17.9 Å². The molecule has 0 N–H and O–H groups in total. The number of rotatable bonds is 4. The normalized spacial score (nSPS) is 12.7. The molecule has 0 unspecified atom stereocenters. The van der Waals surface area contributed by atoms with Crippen LogP contribution in [-0.4, -0.2) is 5.97 Å². The maximum Gasteiger partial charge on any atom is 0.339 e. The van der Waals surface area contributed by atoms with Crippen LogP contribution >= 0.6 is 0 Å². The first kappa shape index (κ1) is 18.9. The number of ether oxygens (including phenoxy) is 1. The highest BCUT2D eigenvalue weighted by molar-refractivity contribution is 6.10. The van der Waals surface area contributed by atoms with Crippen molar-refractivity contribution in [3.05, 3.63) is 118 Å². The number of hydrogen-bond donors (Lipinski definition) is 0. The van der Waals surface area contributed by atoms with Gasteiger partial charge in [0.2, 0.25) is 0 Å². The van der Waals surface area contributed by atoms with Gasteiger partial charge in [0.25, 0.3) is 5.70 Å². The predicted octanol–water partition coefficient (Wildman–Crippen LogP) is 5.87. The van der Waals surface area contributed by atoms with Crippen LogP contribution in [0.4, 0.5) is 0 Å². The van der Waals surface area contributed by atoms with Crippen LogP contribution in [0.25, 0.3) is 27.6 Å². The van der Waals surface area contributed by atoms with Gasteiger partial charge in [0.1, 0.15) is 6.61 Å². The lowest BCUT2D eigenvalue weighted by atomic mass is 9.99. The Morgan fingerprint density at radius 2 is 1.73 bits per heavy atom. The minimum atomic E-state index is -0.447. The second-order valence-electron chi connectivity index (χ2n) is 6.74. The second kappa shape index (κ2) is 7.91. The van der Waals surface area contributed by atoms with Gasteiger partial charge in [0, 0.05) is 11.1 Å². The van der Waals surface area contributed by atoms with Crippen LogP contribution in [0.1, 0.15) is 32.6 Å². The topological polar surface area (TPSA) is 54.5 Å². The molecular formula is C26H16N2O2. The number of nitriles is 1. The summed E-state index contributed by atoms with van der Waals surface area (Å²) in [5.41, 5.74) is 5.86. The number of benzene rings is 3. The molecule has 0 saturated carbocycles. The molecule has 0 aliphatic heterocycles. The number of hydrogen-bond acceptors (Lipinski definition) is 3. The number of nitrogens with zero attached hydrogens (tertiary/aromatic N) is 2. The largest absolute Gasteiger partial charge is 0.457 e. The number of allylic oxidation sites excluding steroid dienone is 1. The molecule has 3 aromatic rings. The first-order chi connectivity index (χ1) is 14.7. The molecular weight excluding hydrogens is 372 g/mol. The van der Waals surface area contributed by atoms with Crippen LogP contribution in [-0.2, 0) is 11.3 Å². The quantitative estimate of drug-likeness (QED) is 0.250. The van der Waals surface area contributed by atoms with E-state index < -0.39 is 5.97 Å². The fourth-order valence-corrected chi connectivity index (χ4v) is 3.65. The van der Waals surface area contributed by atoms with Crippen molar-refractivity contribution < 1.29 is 9.53 Å². The number of carbonyl (C=O) groups is 1. The first-order valence-electron chi connectivity index (χ1n) is 9.31. The van der Waals surface area contributed by atoms with Gasteiger partial charge in [0.15, 0.2) is 0 Å². The van der Waals surface area contributed by atoms with Gasteiger partial charge < -0.3 is 4.74 Å². The number of carbonyl (C=O) groups excluding carboxylic acids is 1. The SMILES string of the molecule is [C-]#[N+]/C(C#N)=C1\c2ccccc2-c2c(C(=O)OCc3ccc(C=C)cc3)cccc21. The Hall–Kier alpha value is -4.41. The molecule has 0 atom stereocenters. The molecule has 142 valence electrons. The molecule has 4 rings (SSSR count). The molecule has 1 aliphatic carbocycles. The summed E-state index contributed by atoms with van der Waals surface area (Å²) in [6, 6.07) is 22.4. The summed E-state index contributed by atoms with van der Waals surface area (Å²) in [6.07, 6.45) is 1.75. The van der Waals surface area contributed by atoms with Crippen molar-refractivity contribution in [2.45, 2.75) is 6.61 Å². The van der Waals surface area contributed by atoms with Gasteiger partial charge in [-0.15, -0.1) is 0 Å². The second-order valence-corrected chi connectivity index (χ2v) is 6.74. The van der Waals surface area contributed by atoms with Gasteiger partial charge in [-0.1, -0.05) is 73.3 Å². The van der Waals surface area contributed by atoms with Gasteiger partial charge >= 0.3 is 5.97 Å². The fourth-order valence-electron chi connectivity index (χ4n) is 3.65. The summed E-state index contributed by atoms with van der Waals surface area (Å²) in [7, 11) is 0. The highest BCUT2D eigenvalue weighted by atomic mass is 16.5. The molecule has 3 aromatic carbocycles. The molecule has 0 heterocycles. The van der Waals surface area contributed by atoms with E-state index in [4.69, 9.17) is 11.3 Å². The van der Waals surface area contributed by atoms with E-state index in [0.717, 1.165) is 22.3 Å². The fraction of sp³-hybridized carbons (Fsp3) is 0.0385. The lowest BCUT2D eigenvalue weighted by Gasteiger charge is -2.10. The zero-order chi connectivity index (χ0) is 21.1. The monoisotopic (exact) mass is 388 g/mol. The number of esters is 1. The summed E-state index contributed by atoms with van der Waals surface area (Å²) in [6.45, 7) is 11.3. The van der Waals surface area contributed by atoms with Crippen LogP contribution in [0.15, 0.2) is 79.0 Å². The maximum atomic E-state index is 12.9. The molecule has 0 radical (unpaired) electrons. The van der Waals surface area contributed by atoms with E-state index in [2.05, 4.69) is 11.4 Å². The Morgan fingerprint density at radius 1 is 1.03 bits per heavy atom. The van der Waals surface area contributed by atoms with Crippen molar-refractivity contribution in [1.29, 1.82) is 5.26 Å². The van der Waals surface area contributed by atoms with Crippen LogP contribution < -0.4 is 0 Å². The van der Waals surface area contributed by atoms with Crippen LogP contribution in [0.2, 0.25) is 0 Å². The summed E-state index contributed by atoms with van der Waals surface area (Å²) in [5.74, 6) is -0.447. The van der Waals surface area contributed by atoms with Gasteiger partial charge in [-0.2, -0.15) is 0 Å². The molecule has 1 aliphatic rings. The molecule has 0 aromatic heterocycles. The molecule has 0 fully saturated rings. The van der Waals surface area contributed by atoms with E-state index in [0.29, 0.717) is 22.3 Å². The third-order valence-electron chi connectivity index (χ3n) is 5.06. The average molecular weight is 388 g/mol. The first-order valence-corrected chi connectivity index (χ1v) is 9.31. The zero-order valence-electron chi connectivity index (χ0n) is 16.1. The van der Waals surface area contributed by atoms with Crippen LogP contribution in [0.5, 0.6) is 0 Å². The summed E-state index contributed by atoms with van der Waals surface area (Å²) < 4.78 is 5.57. The van der Waals surface area contributed by atoms with Gasteiger partial charge in [-0.05, 0) is 33.9 Å². The Labute approximate surface area is 174 Å². The Kier molecular flexibility index (Phi) is 4.99. The van der Waals surface area contributed by atoms with E-state index in [9.17, 15) is 10.1 Å². The van der Waals surface area contributed by atoms with Crippen molar-refractivity contribution in [3.63, 3.8) is 0 Å². The number of fused-ring (bicyclic) bond motifs is 3. The maximum absolute atomic E-state index is 12.9. The minimum absolute atomic E-state index is 0.00836. The Morgan fingerprint density at radius 3 is 2.40 bits per heavy atom. The molecule has 0 bridgehead atoms. The summed E-state index contributed by atoms with van der Waals surface area (Å²) in [5, 5.41) is 9.44. The summed E-state index contributed by atoms with van der Waals surface area (Å²) in [4.78, 5) is 16.3. The third-order valence-corrected chi connectivity index (χ3v) is 5.06. The van der Waals surface area contributed by atoms with E-state index in [-0.39, 0.29) is 12.3 Å². The molecule has 4 heteroatoms. The molecule has 30 heavy (non-hydrogen) atoms. The molecule has 0 spiro atoms. The molecule has 0 amide bonds.